The number of nitrogens with zero attached hydrogens (tertiary/aromatic N) is 1. The molecule has 16 heavy (non-hydrogen) atoms. The number of carbonyl (C=O) groups is 2. The minimum absolute atomic E-state index is 0.0368. The maximum atomic E-state index is 11.5. The third-order valence-corrected chi connectivity index (χ3v) is 1.81. The fourth-order valence-corrected chi connectivity index (χ4v) is 1.09. The SMILES string of the molecule is C/C(CC(N)=O)=N\NC(=O)c1ccccc1. The fraction of sp³-hybridized carbons (Fsp3) is 0.182. The van der Waals surface area contributed by atoms with E-state index in [-0.39, 0.29) is 12.3 Å². The molecule has 0 heterocycles. The zero-order valence-corrected chi connectivity index (χ0v) is 8.93. The first-order chi connectivity index (χ1) is 7.59. The zero-order chi connectivity index (χ0) is 12.0. The van der Waals surface area contributed by atoms with E-state index in [0.717, 1.165) is 0 Å². The van der Waals surface area contributed by atoms with Crippen molar-refractivity contribution < 1.29 is 9.59 Å². The molecule has 0 spiro atoms. The molecule has 84 valence electrons. The predicted octanol–water partition coefficient (Wildman–Crippen LogP) is 0.668. The number of carbonyl (C=O) groups excluding carboxylic acids is 2. The lowest BCUT2D eigenvalue weighted by Crippen LogP contribution is -2.21. The van der Waals surface area contributed by atoms with Crippen molar-refractivity contribution in [2.75, 3.05) is 0 Å². The van der Waals surface area contributed by atoms with Crippen LogP contribution in [0.5, 0.6) is 0 Å². The molecule has 1 aromatic rings. The Balaban J connectivity index is 2.56. The molecule has 0 saturated heterocycles. The van der Waals surface area contributed by atoms with Crippen LogP contribution in [0.25, 0.3) is 0 Å². The van der Waals surface area contributed by atoms with Crippen molar-refractivity contribution in [2.45, 2.75) is 13.3 Å². The summed E-state index contributed by atoms with van der Waals surface area (Å²) < 4.78 is 0. The van der Waals surface area contributed by atoms with Gasteiger partial charge in [0.05, 0.1) is 6.42 Å². The van der Waals surface area contributed by atoms with E-state index in [0.29, 0.717) is 11.3 Å². The number of amides is 2. The zero-order valence-electron chi connectivity index (χ0n) is 8.93. The second-order valence-electron chi connectivity index (χ2n) is 3.30. The summed E-state index contributed by atoms with van der Waals surface area (Å²) in [6.45, 7) is 1.62. The Morgan fingerprint density at radius 3 is 2.50 bits per heavy atom. The largest absolute Gasteiger partial charge is 0.369 e. The molecule has 0 radical (unpaired) electrons. The number of hydrogen-bond acceptors (Lipinski definition) is 3. The Kier molecular flexibility index (Phi) is 4.20. The lowest BCUT2D eigenvalue weighted by Gasteiger charge is -2.00. The average Bonchev–Trinajstić information content (AvgIpc) is 2.26. The second-order valence-corrected chi connectivity index (χ2v) is 3.30. The molecular weight excluding hydrogens is 206 g/mol. The van der Waals surface area contributed by atoms with Gasteiger partial charge < -0.3 is 5.73 Å². The molecule has 0 unspecified atom stereocenters. The van der Waals surface area contributed by atoms with E-state index in [4.69, 9.17) is 5.73 Å². The Labute approximate surface area is 93.3 Å². The molecule has 1 rings (SSSR count). The maximum Gasteiger partial charge on any atom is 0.271 e. The third-order valence-electron chi connectivity index (χ3n) is 1.81. The second kappa shape index (κ2) is 5.65. The van der Waals surface area contributed by atoms with Gasteiger partial charge in [0.25, 0.3) is 5.91 Å². The standard InChI is InChI=1S/C11H13N3O2/c1-8(7-10(12)15)13-14-11(16)9-5-3-2-4-6-9/h2-6H,7H2,1H3,(H2,12,15)(H,14,16)/b13-8+. The van der Waals surface area contributed by atoms with Crippen LogP contribution in [0.2, 0.25) is 0 Å². The van der Waals surface area contributed by atoms with Gasteiger partial charge in [0.2, 0.25) is 5.91 Å². The molecule has 5 heteroatoms. The van der Waals surface area contributed by atoms with Gasteiger partial charge in [0, 0.05) is 11.3 Å². The van der Waals surface area contributed by atoms with Crippen LogP contribution in [-0.2, 0) is 4.79 Å². The van der Waals surface area contributed by atoms with Crippen LogP contribution in [0.1, 0.15) is 23.7 Å². The Morgan fingerprint density at radius 2 is 1.94 bits per heavy atom. The van der Waals surface area contributed by atoms with Gasteiger partial charge in [-0.3, -0.25) is 9.59 Å². The number of nitrogens with one attached hydrogen (secondary N) is 1. The van der Waals surface area contributed by atoms with E-state index in [1.165, 1.54) is 0 Å². The molecule has 0 bridgehead atoms. The van der Waals surface area contributed by atoms with Crippen LogP contribution < -0.4 is 11.2 Å². The van der Waals surface area contributed by atoms with E-state index in [1.54, 1.807) is 31.2 Å². The highest BCUT2D eigenvalue weighted by Crippen LogP contribution is 1.97. The Hall–Kier alpha value is -2.17. The first-order valence-corrected chi connectivity index (χ1v) is 4.76. The summed E-state index contributed by atoms with van der Waals surface area (Å²) in [6.07, 6.45) is 0.0368. The molecule has 1 aromatic carbocycles. The van der Waals surface area contributed by atoms with Crippen molar-refractivity contribution in [2.24, 2.45) is 10.8 Å². The van der Waals surface area contributed by atoms with Gasteiger partial charge in [0.15, 0.2) is 0 Å². The highest BCUT2D eigenvalue weighted by Gasteiger charge is 2.03. The van der Waals surface area contributed by atoms with Crippen LogP contribution in [0.3, 0.4) is 0 Å². The molecule has 3 N–H and O–H groups in total. The molecule has 0 aliphatic carbocycles. The lowest BCUT2D eigenvalue weighted by atomic mass is 10.2. The number of benzene rings is 1. The molecule has 0 aromatic heterocycles. The number of hydrazone groups is 1. The van der Waals surface area contributed by atoms with Crippen molar-refractivity contribution in [3.05, 3.63) is 35.9 Å². The molecule has 0 saturated carbocycles. The molecule has 0 aliphatic rings. The van der Waals surface area contributed by atoms with Crippen LogP contribution >= 0.6 is 0 Å². The fourth-order valence-electron chi connectivity index (χ4n) is 1.09. The van der Waals surface area contributed by atoms with Crippen molar-refractivity contribution in [1.29, 1.82) is 0 Å². The van der Waals surface area contributed by atoms with E-state index in [1.807, 2.05) is 6.07 Å². The van der Waals surface area contributed by atoms with Crippen molar-refractivity contribution in [1.82, 2.24) is 5.43 Å². The first-order valence-electron chi connectivity index (χ1n) is 4.76. The summed E-state index contributed by atoms with van der Waals surface area (Å²) >= 11 is 0. The van der Waals surface area contributed by atoms with E-state index < -0.39 is 5.91 Å². The van der Waals surface area contributed by atoms with Gasteiger partial charge in [-0.15, -0.1) is 0 Å². The number of hydrogen-bond donors (Lipinski definition) is 2. The summed E-state index contributed by atoms with van der Waals surface area (Å²) in [6, 6.07) is 8.69. The van der Waals surface area contributed by atoms with Gasteiger partial charge in [-0.2, -0.15) is 5.10 Å². The topological polar surface area (TPSA) is 84.6 Å². The molecule has 2 amide bonds. The van der Waals surface area contributed by atoms with Crippen molar-refractivity contribution >= 4 is 17.5 Å². The molecule has 5 nitrogen and oxygen atoms in total. The number of rotatable bonds is 4. The maximum absolute atomic E-state index is 11.5. The quantitative estimate of drug-likeness (QED) is 0.576. The first kappa shape index (κ1) is 11.9. The lowest BCUT2D eigenvalue weighted by molar-refractivity contribution is -0.116. The molecule has 0 aliphatic heterocycles. The molecule has 0 fully saturated rings. The highest BCUT2D eigenvalue weighted by atomic mass is 16.2. The minimum atomic E-state index is -0.477. The Morgan fingerprint density at radius 1 is 1.31 bits per heavy atom. The highest BCUT2D eigenvalue weighted by molar-refractivity contribution is 6.00. The number of primary amides is 1. The van der Waals surface area contributed by atoms with E-state index in [9.17, 15) is 9.59 Å². The van der Waals surface area contributed by atoms with Crippen molar-refractivity contribution in [3.8, 4) is 0 Å². The normalized spacial score (nSPS) is 10.9. The smallest absolute Gasteiger partial charge is 0.271 e. The monoisotopic (exact) mass is 219 g/mol. The summed E-state index contributed by atoms with van der Waals surface area (Å²) in [4.78, 5) is 22.1. The molecule has 0 atom stereocenters. The third kappa shape index (κ3) is 3.91. The average molecular weight is 219 g/mol. The van der Waals surface area contributed by atoms with Gasteiger partial charge in [0.1, 0.15) is 0 Å². The summed E-state index contributed by atoms with van der Waals surface area (Å²) in [5.74, 6) is -0.792. The van der Waals surface area contributed by atoms with Crippen LogP contribution in [0.4, 0.5) is 0 Å². The van der Waals surface area contributed by atoms with E-state index >= 15 is 0 Å². The van der Waals surface area contributed by atoms with E-state index in [2.05, 4.69) is 10.5 Å². The number of nitrogens with two attached hydrogens (primary N) is 1. The summed E-state index contributed by atoms with van der Waals surface area (Å²) in [7, 11) is 0. The van der Waals surface area contributed by atoms with Crippen LogP contribution in [0, 0.1) is 0 Å². The van der Waals surface area contributed by atoms with Gasteiger partial charge >= 0.3 is 0 Å². The van der Waals surface area contributed by atoms with Crippen LogP contribution in [-0.4, -0.2) is 17.5 Å². The van der Waals surface area contributed by atoms with Crippen LogP contribution in [0.15, 0.2) is 35.4 Å². The van der Waals surface area contributed by atoms with Crippen molar-refractivity contribution in [3.63, 3.8) is 0 Å². The van der Waals surface area contributed by atoms with Gasteiger partial charge in [-0.1, -0.05) is 18.2 Å². The summed E-state index contributed by atoms with van der Waals surface area (Å²) in [5, 5.41) is 3.76. The van der Waals surface area contributed by atoms with Gasteiger partial charge in [-0.25, -0.2) is 5.43 Å². The van der Waals surface area contributed by atoms with Gasteiger partial charge in [-0.05, 0) is 19.1 Å². The molecular formula is C11H13N3O2. The minimum Gasteiger partial charge on any atom is -0.369 e. The Bertz CT molecular complexity index is 412. The summed E-state index contributed by atoms with van der Waals surface area (Å²) in [5.41, 5.74) is 8.31. The predicted molar refractivity (Wildman–Crippen MR) is 60.8 cm³/mol.